The van der Waals surface area contributed by atoms with Gasteiger partial charge in [-0.25, -0.2) is 9.18 Å². The number of carboxylic acid groups (broad SMARTS) is 1. The molecule has 0 saturated heterocycles. The Morgan fingerprint density at radius 1 is 1.89 bits per heavy atom. The van der Waals surface area contributed by atoms with Gasteiger partial charge in [-0.05, 0) is 6.92 Å². The van der Waals surface area contributed by atoms with E-state index >= 15 is 0 Å². The molecular formula is C6H9FO2. The van der Waals surface area contributed by atoms with Crippen LogP contribution in [0.25, 0.3) is 0 Å². The Morgan fingerprint density at radius 3 is 2.78 bits per heavy atom. The molecule has 1 atom stereocenters. The quantitative estimate of drug-likeness (QED) is 0.589. The van der Waals surface area contributed by atoms with Crippen molar-refractivity contribution in [3.63, 3.8) is 0 Å². The molecule has 0 aliphatic rings. The second-order valence-electron chi connectivity index (χ2n) is 1.61. The monoisotopic (exact) mass is 132 g/mol. The van der Waals surface area contributed by atoms with Crippen LogP contribution >= 0.6 is 0 Å². The standard InChI is InChI=1S/C6H9FO2/c1-2-3-4-5(7)6(8)9/h2-3,5H,4H2,1H3,(H,8,9)/b3-2+. The van der Waals surface area contributed by atoms with E-state index < -0.39 is 12.1 Å². The van der Waals surface area contributed by atoms with Crippen molar-refractivity contribution >= 4 is 5.97 Å². The van der Waals surface area contributed by atoms with Gasteiger partial charge in [0.25, 0.3) is 0 Å². The molecule has 0 fully saturated rings. The van der Waals surface area contributed by atoms with E-state index in [1.54, 1.807) is 13.0 Å². The van der Waals surface area contributed by atoms with Gasteiger partial charge >= 0.3 is 5.97 Å². The van der Waals surface area contributed by atoms with Gasteiger partial charge < -0.3 is 5.11 Å². The second kappa shape index (κ2) is 4.06. The molecule has 0 saturated carbocycles. The minimum Gasteiger partial charge on any atom is -0.479 e. The van der Waals surface area contributed by atoms with Crippen LogP contribution in [0.3, 0.4) is 0 Å². The third kappa shape index (κ3) is 3.70. The molecule has 0 aromatic heterocycles. The van der Waals surface area contributed by atoms with Crippen LogP contribution in [0.1, 0.15) is 13.3 Å². The molecule has 0 aromatic carbocycles. The molecule has 3 heteroatoms. The summed E-state index contributed by atoms with van der Waals surface area (Å²) in [5, 5.41) is 8.00. The summed E-state index contributed by atoms with van der Waals surface area (Å²) in [6.45, 7) is 1.72. The maximum atomic E-state index is 12.1. The zero-order chi connectivity index (χ0) is 7.28. The Hall–Kier alpha value is -0.860. The van der Waals surface area contributed by atoms with E-state index in [-0.39, 0.29) is 6.42 Å². The molecule has 1 N–H and O–H groups in total. The highest BCUT2D eigenvalue weighted by Crippen LogP contribution is 1.97. The van der Waals surface area contributed by atoms with Crippen LogP contribution in [0.2, 0.25) is 0 Å². The van der Waals surface area contributed by atoms with Gasteiger partial charge in [-0.3, -0.25) is 0 Å². The van der Waals surface area contributed by atoms with Gasteiger partial charge in [0.1, 0.15) is 0 Å². The number of aliphatic carboxylic acids is 1. The third-order valence-electron chi connectivity index (χ3n) is 0.847. The summed E-state index contributed by atoms with van der Waals surface area (Å²) in [4.78, 5) is 9.80. The maximum absolute atomic E-state index is 12.1. The summed E-state index contributed by atoms with van der Waals surface area (Å²) >= 11 is 0. The van der Waals surface area contributed by atoms with Crippen LogP contribution in [0.5, 0.6) is 0 Å². The number of hydrogen-bond acceptors (Lipinski definition) is 1. The van der Waals surface area contributed by atoms with Crippen LogP contribution in [-0.2, 0) is 4.79 Å². The Bertz CT molecular complexity index is 120. The van der Waals surface area contributed by atoms with Crippen molar-refractivity contribution in [3.05, 3.63) is 12.2 Å². The minimum atomic E-state index is -1.75. The number of carboxylic acids is 1. The topological polar surface area (TPSA) is 37.3 Å². The van der Waals surface area contributed by atoms with E-state index in [1.807, 2.05) is 0 Å². The van der Waals surface area contributed by atoms with E-state index in [0.717, 1.165) is 0 Å². The van der Waals surface area contributed by atoms with E-state index in [0.29, 0.717) is 0 Å². The number of allylic oxidation sites excluding steroid dienone is 2. The largest absolute Gasteiger partial charge is 0.479 e. The third-order valence-corrected chi connectivity index (χ3v) is 0.847. The van der Waals surface area contributed by atoms with Gasteiger partial charge in [0.2, 0.25) is 6.17 Å². The van der Waals surface area contributed by atoms with Crippen molar-refractivity contribution in [3.8, 4) is 0 Å². The fourth-order valence-electron chi connectivity index (χ4n) is 0.356. The number of carbonyl (C=O) groups is 1. The molecule has 0 aliphatic carbocycles. The fraction of sp³-hybridized carbons (Fsp3) is 0.500. The van der Waals surface area contributed by atoms with E-state index in [9.17, 15) is 9.18 Å². The van der Waals surface area contributed by atoms with Crippen LogP contribution in [0, 0.1) is 0 Å². The SMILES string of the molecule is C/C=C/CC(F)C(=O)O. The molecule has 52 valence electrons. The van der Waals surface area contributed by atoms with E-state index in [2.05, 4.69) is 0 Å². The van der Waals surface area contributed by atoms with Crippen molar-refractivity contribution in [1.82, 2.24) is 0 Å². The highest BCUT2D eigenvalue weighted by molar-refractivity contribution is 5.72. The van der Waals surface area contributed by atoms with Crippen molar-refractivity contribution in [1.29, 1.82) is 0 Å². The molecule has 9 heavy (non-hydrogen) atoms. The molecule has 0 spiro atoms. The maximum Gasteiger partial charge on any atom is 0.338 e. The van der Waals surface area contributed by atoms with E-state index in [4.69, 9.17) is 5.11 Å². The van der Waals surface area contributed by atoms with Crippen LogP contribution in [-0.4, -0.2) is 17.2 Å². The summed E-state index contributed by atoms with van der Waals surface area (Å²) in [6, 6.07) is 0. The first-order valence-corrected chi connectivity index (χ1v) is 2.66. The predicted octanol–water partition coefficient (Wildman–Crippen LogP) is 1.38. The Kier molecular flexibility index (Phi) is 3.67. The first kappa shape index (κ1) is 8.14. The molecule has 0 aromatic rings. The molecule has 0 radical (unpaired) electrons. The summed E-state index contributed by atoms with van der Waals surface area (Å²) in [5.74, 6) is -1.40. The number of rotatable bonds is 3. The first-order chi connectivity index (χ1) is 4.18. The van der Waals surface area contributed by atoms with Crippen molar-refractivity contribution in [2.75, 3.05) is 0 Å². The lowest BCUT2D eigenvalue weighted by atomic mass is 10.2. The second-order valence-corrected chi connectivity index (χ2v) is 1.61. The molecule has 0 rings (SSSR count). The van der Waals surface area contributed by atoms with Gasteiger partial charge in [0.05, 0.1) is 0 Å². The lowest BCUT2D eigenvalue weighted by Gasteiger charge is -1.94. The molecule has 0 heterocycles. The van der Waals surface area contributed by atoms with Crippen LogP contribution in [0.4, 0.5) is 4.39 Å². The molecular weight excluding hydrogens is 123 g/mol. The predicted molar refractivity (Wildman–Crippen MR) is 32.0 cm³/mol. The van der Waals surface area contributed by atoms with Gasteiger partial charge in [0.15, 0.2) is 0 Å². The van der Waals surface area contributed by atoms with Crippen molar-refractivity contribution in [2.45, 2.75) is 19.5 Å². The average molecular weight is 132 g/mol. The molecule has 2 nitrogen and oxygen atoms in total. The Morgan fingerprint density at radius 2 is 2.44 bits per heavy atom. The highest BCUT2D eigenvalue weighted by atomic mass is 19.1. The molecule has 0 bridgehead atoms. The fourth-order valence-corrected chi connectivity index (χ4v) is 0.356. The van der Waals surface area contributed by atoms with E-state index in [1.165, 1.54) is 6.08 Å². The van der Waals surface area contributed by atoms with Crippen LogP contribution < -0.4 is 0 Å². The summed E-state index contributed by atoms with van der Waals surface area (Å²) in [6.07, 6.45) is 1.32. The summed E-state index contributed by atoms with van der Waals surface area (Å²) < 4.78 is 12.1. The highest BCUT2D eigenvalue weighted by Gasteiger charge is 2.11. The first-order valence-electron chi connectivity index (χ1n) is 2.66. The minimum absolute atomic E-state index is 0.0359. The molecule has 0 aliphatic heterocycles. The summed E-state index contributed by atoms with van der Waals surface area (Å²) in [7, 11) is 0. The van der Waals surface area contributed by atoms with Crippen molar-refractivity contribution in [2.24, 2.45) is 0 Å². The molecule has 0 amide bonds. The van der Waals surface area contributed by atoms with Gasteiger partial charge in [-0.15, -0.1) is 0 Å². The molecule has 1 unspecified atom stereocenters. The number of hydrogen-bond donors (Lipinski definition) is 1. The Labute approximate surface area is 53.0 Å². The van der Waals surface area contributed by atoms with Crippen molar-refractivity contribution < 1.29 is 14.3 Å². The zero-order valence-electron chi connectivity index (χ0n) is 5.17. The van der Waals surface area contributed by atoms with Crippen LogP contribution in [0.15, 0.2) is 12.2 Å². The zero-order valence-corrected chi connectivity index (χ0v) is 5.17. The van der Waals surface area contributed by atoms with Gasteiger partial charge in [0, 0.05) is 6.42 Å². The van der Waals surface area contributed by atoms with Gasteiger partial charge in [-0.2, -0.15) is 0 Å². The lowest BCUT2D eigenvalue weighted by molar-refractivity contribution is -0.142. The number of alkyl halides is 1. The van der Waals surface area contributed by atoms with Gasteiger partial charge in [-0.1, -0.05) is 12.2 Å². The smallest absolute Gasteiger partial charge is 0.338 e. The average Bonchev–Trinajstić information content (AvgIpc) is 1.82. The number of halogens is 1. The normalized spacial score (nSPS) is 14.0. The lowest BCUT2D eigenvalue weighted by Crippen LogP contribution is -2.12. The Balaban J connectivity index is 3.50. The summed E-state index contributed by atoms with van der Waals surface area (Å²) in [5.41, 5.74) is 0.